The Kier molecular flexibility index (Phi) is 3.20. The summed E-state index contributed by atoms with van der Waals surface area (Å²) < 4.78 is 26.2. The summed E-state index contributed by atoms with van der Waals surface area (Å²) in [6, 6.07) is 8.74. The van der Waals surface area contributed by atoms with Gasteiger partial charge in [-0.05, 0) is 41.9 Å². The summed E-state index contributed by atoms with van der Waals surface area (Å²) in [6.07, 6.45) is 1.36. The van der Waals surface area contributed by atoms with Crippen molar-refractivity contribution in [3.05, 3.63) is 59.6 Å². The van der Waals surface area contributed by atoms with E-state index in [0.717, 1.165) is 0 Å². The summed E-state index contributed by atoms with van der Waals surface area (Å²) in [4.78, 5) is 10.5. The highest BCUT2D eigenvalue weighted by Gasteiger charge is 2.14. The summed E-state index contributed by atoms with van der Waals surface area (Å²) >= 11 is 5.89. The van der Waals surface area contributed by atoms with Crippen molar-refractivity contribution in [1.82, 2.24) is 15.0 Å². The summed E-state index contributed by atoms with van der Waals surface area (Å²) in [7, 11) is 0. The highest BCUT2D eigenvalue weighted by Crippen LogP contribution is 2.31. The summed E-state index contributed by atoms with van der Waals surface area (Å²) in [6.45, 7) is 0. The summed E-state index contributed by atoms with van der Waals surface area (Å²) in [5.74, 6) is -0.940. The van der Waals surface area contributed by atoms with E-state index in [9.17, 15) is 8.78 Å². The van der Waals surface area contributed by atoms with Gasteiger partial charge >= 0.3 is 0 Å². The number of imidazole rings is 1. The van der Waals surface area contributed by atoms with E-state index in [1.807, 2.05) is 0 Å². The Balaban J connectivity index is 2.15. The van der Waals surface area contributed by atoms with Gasteiger partial charge in [-0.15, -0.1) is 0 Å². The second-order valence-corrected chi connectivity index (χ2v) is 4.48. The van der Waals surface area contributed by atoms with Crippen molar-refractivity contribution in [2.75, 3.05) is 0 Å². The molecule has 0 radical (unpaired) electrons. The van der Waals surface area contributed by atoms with Gasteiger partial charge in [0.05, 0.1) is 11.4 Å². The minimum Gasteiger partial charge on any atom is -0.328 e. The third-order valence-corrected chi connectivity index (χ3v) is 2.99. The molecule has 20 heavy (non-hydrogen) atoms. The molecule has 0 aliphatic heterocycles. The van der Waals surface area contributed by atoms with E-state index >= 15 is 0 Å². The first-order chi connectivity index (χ1) is 9.63. The number of nitrogens with zero attached hydrogens (tertiary/aromatic N) is 2. The van der Waals surface area contributed by atoms with Gasteiger partial charge in [-0.2, -0.15) is 4.39 Å². The van der Waals surface area contributed by atoms with E-state index < -0.39 is 5.95 Å². The smallest absolute Gasteiger partial charge is 0.213 e. The van der Waals surface area contributed by atoms with Crippen LogP contribution in [0.3, 0.4) is 0 Å². The van der Waals surface area contributed by atoms with E-state index in [1.165, 1.54) is 24.4 Å². The molecule has 0 fully saturated rings. The fourth-order valence-electron chi connectivity index (χ4n) is 1.93. The fourth-order valence-corrected chi connectivity index (χ4v) is 2.11. The van der Waals surface area contributed by atoms with Gasteiger partial charge in [-0.25, -0.2) is 14.4 Å². The number of pyridine rings is 1. The van der Waals surface area contributed by atoms with Gasteiger partial charge in [0.15, 0.2) is 0 Å². The maximum Gasteiger partial charge on any atom is 0.213 e. The normalized spacial score (nSPS) is 10.8. The van der Waals surface area contributed by atoms with Gasteiger partial charge in [0.1, 0.15) is 5.82 Å². The molecule has 0 aliphatic rings. The number of aromatic nitrogens is 3. The highest BCUT2D eigenvalue weighted by molar-refractivity contribution is 6.28. The summed E-state index contributed by atoms with van der Waals surface area (Å²) in [5.41, 5.74) is 2.33. The van der Waals surface area contributed by atoms with Gasteiger partial charge in [-0.3, -0.25) is 0 Å². The Bertz CT molecular complexity index is 753. The van der Waals surface area contributed by atoms with E-state index in [2.05, 4.69) is 15.0 Å². The molecule has 1 aromatic carbocycles. The first-order valence-electron chi connectivity index (χ1n) is 5.77. The maximum atomic E-state index is 13.2. The molecule has 3 rings (SSSR count). The quantitative estimate of drug-likeness (QED) is 0.723. The molecule has 1 N–H and O–H groups in total. The zero-order chi connectivity index (χ0) is 14.1. The average molecular weight is 292 g/mol. The van der Waals surface area contributed by atoms with Gasteiger partial charge in [0.2, 0.25) is 11.2 Å². The molecular weight excluding hydrogens is 284 g/mol. The standard InChI is InChI=1S/C14H8ClF2N3/c15-14-19-12(8-1-3-10(16)4-2-8)13(20-14)9-5-6-18-11(17)7-9/h1-7H,(H,19,20). The average Bonchev–Trinajstić information content (AvgIpc) is 2.82. The molecule has 2 heterocycles. The SMILES string of the molecule is Fc1ccc(-c2nc(Cl)[nH]c2-c2ccnc(F)c2)cc1. The van der Waals surface area contributed by atoms with Gasteiger partial charge < -0.3 is 4.98 Å². The third kappa shape index (κ3) is 2.40. The Labute approximate surface area is 118 Å². The van der Waals surface area contributed by atoms with Crippen molar-refractivity contribution in [2.24, 2.45) is 0 Å². The van der Waals surface area contributed by atoms with Crippen LogP contribution in [0.15, 0.2) is 42.6 Å². The second kappa shape index (κ2) is 5.02. The number of H-pyrrole nitrogens is 1. The number of hydrogen-bond donors (Lipinski definition) is 1. The van der Waals surface area contributed by atoms with Crippen molar-refractivity contribution in [3.8, 4) is 22.5 Å². The lowest BCUT2D eigenvalue weighted by Gasteiger charge is -2.03. The van der Waals surface area contributed by atoms with Crippen molar-refractivity contribution in [3.63, 3.8) is 0 Å². The Morgan fingerprint density at radius 1 is 1.00 bits per heavy atom. The number of halogens is 3. The van der Waals surface area contributed by atoms with Crippen LogP contribution in [0.2, 0.25) is 5.28 Å². The molecule has 6 heteroatoms. The molecule has 0 atom stereocenters. The van der Waals surface area contributed by atoms with E-state index in [-0.39, 0.29) is 11.1 Å². The van der Waals surface area contributed by atoms with E-state index in [0.29, 0.717) is 22.5 Å². The van der Waals surface area contributed by atoms with Gasteiger partial charge in [0.25, 0.3) is 0 Å². The third-order valence-electron chi connectivity index (χ3n) is 2.81. The lowest BCUT2D eigenvalue weighted by molar-refractivity contribution is 0.584. The predicted octanol–water partition coefficient (Wildman–Crippen LogP) is 4.07. The molecule has 3 nitrogen and oxygen atoms in total. The topological polar surface area (TPSA) is 41.6 Å². The van der Waals surface area contributed by atoms with Crippen LogP contribution in [0.4, 0.5) is 8.78 Å². The maximum absolute atomic E-state index is 13.2. The lowest BCUT2D eigenvalue weighted by atomic mass is 10.1. The first kappa shape index (κ1) is 12.7. The largest absolute Gasteiger partial charge is 0.328 e. The predicted molar refractivity (Wildman–Crippen MR) is 72.2 cm³/mol. The van der Waals surface area contributed by atoms with Crippen LogP contribution in [0, 0.1) is 11.8 Å². The van der Waals surface area contributed by atoms with Crippen molar-refractivity contribution >= 4 is 11.6 Å². The number of aromatic amines is 1. The van der Waals surface area contributed by atoms with Crippen molar-refractivity contribution in [1.29, 1.82) is 0 Å². The number of nitrogens with one attached hydrogen (secondary N) is 1. The minimum atomic E-state index is -0.599. The molecule has 3 aromatic rings. The van der Waals surface area contributed by atoms with Crippen LogP contribution in [0.25, 0.3) is 22.5 Å². The van der Waals surface area contributed by atoms with E-state index in [4.69, 9.17) is 11.6 Å². The van der Waals surface area contributed by atoms with Crippen LogP contribution >= 0.6 is 11.6 Å². The Hall–Kier alpha value is -2.27. The molecule has 0 spiro atoms. The zero-order valence-electron chi connectivity index (χ0n) is 10.1. The van der Waals surface area contributed by atoms with Crippen LogP contribution in [-0.2, 0) is 0 Å². The van der Waals surface area contributed by atoms with Crippen LogP contribution < -0.4 is 0 Å². The van der Waals surface area contributed by atoms with E-state index in [1.54, 1.807) is 18.2 Å². The minimum absolute atomic E-state index is 0.177. The lowest BCUT2D eigenvalue weighted by Crippen LogP contribution is -1.87. The number of rotatable bonds is 2. The van der Waals surface area contributed by atoms with Crippen molar-refractivity contribution < 1.29 is 8.78 Å². The number of benzene rings is 1. The zero-order valence-corrected chi connectivity index (χ0v) is 10.8. The van der Waals surface area contributed by atoms with Gasteiger partial charge in [-0.1, -0.05) is 0 Å². The molecular formula is C14H8ClF2N3. The molecule has 0 bridgehead atoms. The molecule has 0 amide bonds. The molecule has 100 valence electrons. The first-order valence-corrected chi connectivity index (χ1v) is 6.14. The fraction of sp³-hybridized carbons (Fsp3) is 0. The summed E-state index contributed by atoms with van der Waals surface area (Å²) in [5, 5.41) is 0.177. The molecule has 0 unspecified atom stereocenters. The number of hydrogen-bond acceptors (Lipinski definition) is 2. The molecule has 0 saturated carbocycles. The van der Waals surface area contributed by atoms with Crippen molar-refractivity contribution in [2.45, 2.75) is 0 Å². The van der Waals surface area contributed by atoms with Gasteiger partial charge in [0, 0.05) is 23.4 Å². The van der Waals surface area contributed by atoms with Crippen LogP contribution in [0.5, 0.6) is 0 Å². The van der Waals surface area contributed by atoms with Crippen LogP contribution in [-0.4, -0.2) is 15.0 Å². The molecule has 0 aliphatic carbocycles. The monoisotopic (exact) mass is 291 g/mol. The Morgan fingerprint density at radius 3 is 2.45 bits per heavy atom. The molecule has 2 aromatic heterocycles. The second-order valence-electron chi connectivity index (χ2n) is 4.13. The van der Waals surface area contributed by atoms with Crippen LogP contribution in [0.1, 0.15) is 0 Å². The molecule has 0 saturated heterocycles. The highest BCUT2D eigenvalue weighted by atomic mass is 35.5. The Morgan fingerprint density at radius 2 is 1.75 bits per heavy atom.